The lowest BCUT2D eigenvalue weighted by Gasteiger charge is -2.31. The lowest BCUT2D eigenvalue weighted by molar-refractivity contribution is 0.0602. The largest absolute Gasteiger partial charge is 0.465 e. The van der Waals surface area contributed by atoms with Crippen molar-refractivity contribution in [1.82, 2.24) is 4.31 Å². The van der Waals surface area contributed by atoms with Crippen molar-refractivity contribution in [1.29, 1.82) is 0 Å². The van der Waals surface area contributed by atoms with Crippen molar-refractivity contribution in [2.24, 2.45) is 5.92 Å². The Morgan fingerprint density at radius 3 is 2.90 bits per heavy atom. The highest BCUT2D eigenvalue weighted by atomic mass is 32.2. The van der Waals surface area contributed by atoms with Gasteiger partial charge in [-0.05, 0) is 36.6 Å². The molecule has 1 unspecified atom stereocenters. The number of carbonyl (C=O) groups is 1. The monoisotopic (exact) mass is 333 g/mol. The molecule has 1 saturated heterocycles. The summed E-state index contributed by atoms with van der Waals surface area (Å²) in [5.41, 5.74) is 0.548. The molecule has 2 rings (SSSR count). The van der Waals surface area contributed by atoms with Crippen molar-refractivity contribution in [3.63, 3.8) is 0 Å². The van der Waals surface area contributed by atoms with Crippen LogP contribution in [0, 0.1) is 12.8 Å². The topological polar surface area (TPSA) is 83.9 Å². The van der Waals surface area contributed by atoms with Crippen molar-refractivity contribution in [3.8, 4) is 0 Å². The number of thiophene rings is 1. The zero-order valence-electron chi connectivity index (χ0n) is 12.0. The number of aliphatic hydroxyl groups excluding tert-OH is 1. The Labute approximate surface area is 128 Å². The molecule has 0 aliphatic carbocycles. The number of nitrogens with zero attached hydrogens (tertiary/aromatic N) is 1. The number of aliphatic hydroxyl groups is 1. The minimum absolute atomic E-state index is 0.0293. The highest BCUT2D eigenvalue weighted by Gasteiger charge is 2.35. The zero-order chi connectivity index (χ0) is 15.6. The zero-order valence-corrected chi connectivity index (χ0v) is 13.7. The summed E-state index contributed by atoms with van der Waals surface area (Å²) in [5.74, 6) is -0.684. The van der Waals surface area contributed by atoms with E-state index in [4.69, 9.17) is 0 Å². The van der Waals surface area contributed by atoms with Gasteiger partial charge in [0, 0.05) is 19.7 Å². The van der Waals surface area contributed by atoms with Gasteiger partial charge < -0.3 is 9.84 Å². The molecule has 6 nitrogen and oxygen atoms in total. The predicted octanol–water partition coefficient (Wildman–Crippen LogP) is 1.24. The van der Waals surface area contributed by atoms with Crippen molar-refractivity contribution < 1.29 is 23.1 Å². The molecule has 1 fully saturated rings. The number of rotatable bonds is 4. The predicted molar refractivity (Wildman–Crippen MR) is 79.0 cm³/mol. The van der Waals surface area contributed by atoms with E-state index in [1.807, 2.05) is 0 Å². The normalized spacial score (nSPS) is 20.4. The number of esters is 1. The van der Waals surface area contributed by atoms with E-state index in [0.717, 1.165) is 17.8 Å². The van der Waals surface area contributed by atoms with E-state index in [-0.39, 0.29) is 28.8 Å². The third kappa shape index (κ3) is 3.13. The van der Waals surface area contributed by atoms with E-state index < -0.39 is 16.0 Å². The van der Waals surface area contributed by atoms with Gasteiger partial charge >= 0.3 is 5.97 Å². The molecule has 0 amide bonds. The first-order valence-electron chi connectivity index (χ1n) is 6.69. The Morgan fingerprint density at radius 1 is 1.57 bits per heavy atom. The van der Waals surface area contributed by atoms with E-state index in [0.29, 0.717) is 18.5 Å². The number of methoxy groups -OCH3 is 1. The molecule has 1 aliphatic rings. The molecule has 0 saturated carbocycles. The lowest BCUT2D eigenvalue weighted by atomic mass is 10.0. The number of sulfonamides is 1. The first kappa shape index (κ1) is 16.4. The number of piperidine rings is 1. The van der Waals surface area contributed by atoms with Gasteiger partial charge in [0.1, 0.15) is 9.77 Å². The van der Waals surface area contributed by atoms with Crippen LogP contribution in [-0.2, 0) is 14.8 Å². The van der Waals surface area contributed by atoms with Crippen molar-refractivity contribution in [2.45, 2.75) is 24.7 Å². The van der Waals surface area contributed by atoms with Crippen LogP contribution in [0.4, 0.5) is 0 Å². The minimum Gasteiger partial charge on any atom is -0.465 e. The SMILES string of the molecule is COC(=O)c1scc(C)c1S(=O)(=O)N1CCCC(CO)C1. The Kier molecular flexibility index (Phi) is 5.03. The second-order valence-electron chi connectivity index (χ2n) is 5.12. The van der Waals surface area contributed by atoms with Crippen LogP contribution in [0.5, 0.6) is 0 Å². The van der Waals surface area contributed by atoms with Gasteiger partial charge in [0.15, 0.2) is 0 Å². The van der Waals surface area contributed by atoms with Crippen LogP contribution in [0.15, 0.2) is 10.3 Å². The second kappa shape index (κ2) is 6.43. The Balaban J connectivity index is 2.40. The van der Waals surface area contributed by atoms with E-state index in [2.05, 4.69) is 4.74 Å². The van der Waals surface area contributed by atoms with Crippen LogP contribution < -0.4 is 0 Å². The lowest BCUT2D eigenvalue weighted by Crippen LogP contribution is -2.41. The van der Waals surface area contributed by atoms with Gasteiger partial charge in [-0.3, -0.25) is 0 Å². The molecule has 2 heterocycles. The summed E-state index contributed by atoms with van der Waals surface area (Å²) in [7, 11) is -2.51. The number of hydrogen-bond donors (Lipinski definition) is 1. The van der Waals surface area contributed by atoms with Crippen molar-refractivity contribution in [2.75, 3.05) is 26.8 Å². The quantitative estimate of drug-likeness (QED) is 0.838. The van der Waals surface area contributed by atoms with E-state index in [9.17, 15) is 18.3 Å². The fourth-order valence-electron chi connectivity index (χ4n) is 2.51. The maximum Gasteiger partial charge on any atom is 0.349 e. The summed E-state index contributed by atoms with van der Waals surface area (Å²) in [5, 5.41) is 10.9. The summed E-state index contributed by atoms with van der Waals surface area (Å²) < 4.78 is 31.7. The maximum atomic E-state index is 12.8. The Hall–Kier alpha value is -0.960. The molecular formula is C13H19NO5S2. The fourth-order valence-corrected chi connectivity index (χ4v) is 5.72. The minimum atomic E-state index is -3.75. The van der Waals surface area contributed by atoms with Crippen LogP contribution in [0.25, 0.3) is 0 Å². The molecule has 0 spiro atoms. The molecule has 0 bridgehead atoms. The molecule has 0 aromatic carbocycles. The molecule has 1 aromatic rings. The smallest absolute Gasteiger partial charge is 0.349 e. The van der Waals surface area contributed by atoms with Gasteiger partial charge in [0.25, 0.3) is 0 Å². The molecule has 0 radical (unpaired) electrons. The van der Waals surface area contributed by atoms with Gasteiger partial charge in [-0.25, -0.2) is 13.2 Å². The molecule has 1 atom stereocenters. The third-order valence-electron chi connectivity index (χ3n) is 3.63. The summed E-state index contributed by atoms with van der Waals surface area (Å²) >= 11 is 1.08. The first-order valence-corrected chi connectivity index (χ1v) is 9.01. The molecular weight excluding hydrogens is 314 g/mol. The number of hydrogen-bond acceptors (Lipinski definition) is 6. The van der Waals surface area contributed by atoms with Gasteiger partial charge in [-0.1, -0.05) is 0 Å². The van der Waals surface area contributed by atoms with Crippen LogP contribution in [0.3, 0.4) is 0 Å². The highest BCUT2D eigenvalue weighted by molar-refractivity contribution is 7.89. The van der Waals surface area contributed by atoms with E-state index >= 15 is 0 Å². The molecule has 21 heavy (non-hydrogen) atoms. The number of carbonyl (C=O) groups excluding carboxylic acids is 1. The number of aryl methyl sites for hydroxylation is 1. The van der Waals surface area contributed by atoms with Gasteiger partial charge in [-0.15, -0.1) is 11.3 Å². The van der Waals surface area contributed by atoms with Crippen LogP contribution in [0.1, 0.15) is 28.1 Å². The standard InChI is InChI=1S/C13H19NO5S2/c1-9-8-20-11(13(16)19-2)12(9)21(17,18)14-5-3-4-10(6-14)7-15/h8,10,15H,3-7H2,1-2H3. The summed E-state index contributed by atoms with van der Waals surface area (Å²) in [6.07, 6.45) is 1.52. The molecule has 1 aliphatic heterocycles. The number of ether oxygens (including phenoxy) is 1. The average molecular weight is 333 g/mol. The summed E-state index contributed by atoms with van der Waals surface area (Å²) in [4.78, 5) is 11.9. The van der Waals surface area contributed by atoms with Crippen LogP contribution >= 0.6 is 11.3 Å². The Morgan fingerprint density at radius 2 is 2.29 bits per heavy atom. The van der Waals surface area contributed by atoms with Gasteiger partial charge in [0.2, 0.25) is 10.0 Å². The van der Waals surface area contributed by atoms with Crippen LogP contribution in [0.2, 0.25) is 0 Å². The molecule has 1 N–H and O–H groups in total. The first-order chi connectivity index (χ1) is 9.91. The molecule has 118 valence electrons. The highest BCUT2D eigenvalue weighted by Crippen LogP contribution is 2.32. The van der Waals surface area contributed by atoms with E-state index in [1.54, 1.807) is 12.3 Å². The molecule has 8 heteroatoms. The second-order valence-corrected chi connectivity index (χ2v) is 7.88. The van der Waals surface area contributed by atoms with Crippen molar-refractivity contribution in [3.05, 3.63) is 15.8 Å². The third-order valence-corrected chi connectivity index (χ3v) is 6.89. The van der Waals surface area contributed by atoms with Crippen LogP contribution in [-0.4, -0.2) is 50.6 Å². The maximum absolute atomic E-state index is 12.8. The van der Waals surface area contributed by atoms with Gasteiger partial charge in [0.05, 0.1) is 7.11 Å². The summed E-state index contributed by atoms with van der Waals surface area (Å²) in [6, 6.07) is 0. The fraction of sp³-hybridized carbons (Fsp3) is 0.615. The van der Waals surface area contributed by atoms with Gasteiger partial charge in [-0.2, -0.15) is 4.31 Å². The summed E-state index contributed by atoms with van der Waals surface area (Å²) in [6.45, 7) is 2.34. The molecule has 1 aromatic heterocycles. The van der Waals surface area contributed by atoms with Crippen molar-refractivity contribution >= 4 is 27.3 Å². The average Bonchev–Trinajstić information content (AvgIpc) is 2.89. The van der Waals surface area contributed by atoms with E-state index in [1.165, 1.54) is 11.4 Å². The Bertz CT molecular complexity index is 623.